The molecule has 4 rings (SSSR count). The fraction of sp³-hybridized carbons (Fsp3) is 0.286. The number of amides is 3. The summed E-state index contributed by atoms with van der Waals surface area (Å²) in [6.07, 6.45) is 1.53. The number of anilines is 2. The molecule has 3 amide bonds. The van der Waals surface area contributed by atoms with Crippen LogP contribution in [0, 0.1) is 5.82 Å². The Kier molecular flexibility index (Phi) is 4.92. The molecule has 0 bridgehead atoms. The molecule has 0 aliphatic carbocycles. The lowest BCUT2D eigenvalue weighted by Crippen LogP contribution is -2.38. The van der Waals surface area contributed by atoms with Crippen molar-refractivity contribution in [2.75, 3.05) is 16.3 Å². The number of rotatable bonds is 5. The molecule has 1 atom stereocenters. The maximum absolute atomic E-state index is 13.1. The van der Waals surface area contributed by atoms with Crippen molar-refractivity contribution < 1.29 is 18.8 Å². The molecule has 2 saturated heterocycles. The summed E-state index contributed by atoms with van der Waals surface area (Å²) >= 11 is 0. The third-order valence-corrected chi connectivity index (χ3v) is 5.11. The summed E-state index contributed by atoms with van der Waals surface area (Å²) in [6, 6.07) is 12.3. The highest BCUT2D eigenvalue weighted by atomic mass is 19.1. The number of nitrogens with zero attached hydrogens (tertiary/aromatic N) is 2. The number of benzene rings is 2. The van der Waals surface area contributed by atoms with Gasteiger partial charge in [0.1, 0.15) is 5.82 Å². The standard InChI is InChI=1S/C21H20FN3O3/c22-15-5-9-17(10-6-15)25-20(27)12-18(21(25)28)23-13-14-3-7-16(8-4-14)24-11-1-2-19(24)26/h3-10,18,23H,1-2,11-13H2/t18-/m1/s1. The third-order valence-electron chi connectivity index (χ3n) is 5.11. The van der Waals surface area contributed by atoms with E-state index in [4.69, 9.17) is 0 Å². The van der Waals surface area contributed by atoms with E-state index in [9.17, 15) is 18.8 Å². The van der Waals surface area contributed by atoms with Crippen LogP contribution in [0.15, 0.2) is 48.5 Å². The molecule has 2 fully saturated rings. The molecule has 0 saturated carbocycles. The van der Waals surface area contributed by atoms with Crippen LogP contribution in [0.3, 0.4) is 0 Å². The predicted octanol–water partition coefficient (Wildman–Crippen LogP) is 2.37. The molecule has 0 unspecified atom stereocenters. The fourth-order valence-electron chi connectivity index (χ4n) is 3.61. The summed E-state index contributed by atoms with van der Waals surface area (Å²) in [5, 5.41) is 3.12. The number of imide groups is 1. The van der Waals surface area contributed by atoms with E-state index in [2.05, 4.69) is 5.32 Å². The van der Waals surface area contributed by atoms with Crippen molar-refractivity contribution in [3.05, 3.63) is 59.9 Å². The summed E-state index contributed by atoms with van der Waals surface area (Å²) in [4.78, 5) is 39.5. The molecule has 2 aliphatic heterocycles. The third kappa shape index (κ3) is 3.53. The van der Waals surface area contributed by atoms with Crippen LogP contribution >= 0.6 is 0 Å². The Morgan fingerprint density at radius 3 is 2.25 bits per heavy atom. The molecule has 2 aromatic carbocycles. The van der Waals surface area contributed by atoms with Crippen LogP contribution < -0.4 is 15.1 Å². The highest BCUT2D eigenvalue weighted by molar-refractivity contribution is 6.22. The number of carbonyl (C=O) groups is 3. The molecular formula is C21H20FN3O3. The van der Waals surface area contributed by atoms with Gasteiger partial charge < -0.3 is 10.2 Å². The number of nitrogens with one attached hydrogen (secondary N) is 1. The summed E-state index contributed by atoms with van der Waals surface area (Å²) < 4.78 is 13.1. The van der Waals surface area contributed by atoms with E-state index >= 15 is 0 Å². The molecule has 0 spiro atoms. The highest BCUT2D eigenvalue weighted by Crippen LogP contribution is 2.24. The van der Waals surface area contributed by atoms with Crippen LogP contribution in [0.5, 0.6) is 0 Å². The van der Waals surface area contributed by atoms with Gasteiger partial charge in [0.15, 0.2) is 0 Å². The molecule has 6 nitrogen and oxygen atoms in total. The van der Waals surface area contributed by atoms with Crippen LogP contribution in [0.2, 0.25) is 0 Å². The van der Waals surface area contributed by atoms with E-state index in [1.54, 1.807) is 4.90 Å². The number of halogens is 1. The number of hydrogen-bond acceptors (Lipinski definition) is 4. The Morgan fingerprint density at radius 1 is 0.929 bits per heavy atom. The monoisotopic (exact) mass is 381 g/mol. The lowest BCUT2D eigenvalue weighted by atomic mass is 10.1. The second kappa shape index (κ2) is 7.52. The summed E-state index contributed by atoms with van der Waals surface area (Å²) in [7, 11) is 0. The quantitative estimate of drug-likeness (QED) is 0.808. The van der Waals surface area contributed by atoms with Crippen LogP contribution in [0.4, 0.5) is 15.8 Å². The molecule has 2 aliphatic rings. The zero-order valence-electron chi connectivity index (χ0n) is 15.2. The minimum absolute atomic E-state index is 0.0660. The molecular weight excluding hydrogens is 361 g/mol. The van der Waals surface area contributed by atoms with Gasteiger partial charge in [-0.25, -0.2) is 9.29 Å². The lowest BCUT2D eigenvalue weighted by Gasteiger charge is -2.17. The van der Waals surface area contributed by atoms with Gasteiger partial charge in [0.25, 0.3) is 5.91 Å². The van der Waals surface area contributed by atoms with Gasteiger partial charge in [0, 0.05) is 25.2 Å². The van der Waals surface area contributed by atoms with Gasteiger partial charge in [-0.2, -0.15) is 0 Å². The Balaban J connectivity index is 1.38. The van der Waals surface area contributed by atoms with E-state index in [-0.39, 0.29) is 24.1 Å². The SMILES string of the molecule is O=C1CCCN1c1ccc(CN[C@@H]2CC(=O)N(c3ccc(F)cc3)C2=O)cc1. The Labute approximate surface area is 161 Å². The van der Waals surface area contributed by atoms with Crippen molar-refractivity contribution in [2.24, 2.45) is 0 Å². The maximum Gasteiger partial charge on any atom is 0.251 e. The fourth-order valence-corrected chi connectivity index (χ4v) is 3.61. The average molecular weight is 381 g/mol. The number of hydrogen-bond donors (Lipinski definition) is 1. The van der Waals surface area contributed by atoms with Gasteiger partial charge in [-0.05, 0) is 48.4 Å². The number of carbonyl (C=O) groups excluding carboxylic acids is 3. The zero-order chi connectivity index (χ0) is 19.7. The van der Waals surface area contributed by atoms with Crippen LogP contribution in [-0.2, 0) is 20.9 Å². The molecule has 28 heavy (non-hydrogen) atoms. The Hall–Kier alpha value is -3.06. The minimum Gasteiger partial charge on any atom is -0.312 e. The molecule has 2 aromatic rings. The molecule has 1 N–H and O–H groups in total. The first-order valence-electron chi connectivity index (χ1n) is 9.28. The minimum atomic E-state index is -0.614. The Bertz CT molecular complexity index is 911. The van der Waals surface area contributed by atoms with Gasteiger partial charge in [-0.15, -0.1) is 0 Å². The molecule has 144 valence electrons. The molecule has 0 radical (unpaired) electrons. The van der Waals surface area contributed by atoms with E-state index in [0.29, 0.717) is 18.7 Å². The van der Waals surface area contributed by atoms with Gasteiger partial charge in [0.05, 0.1) is 18.2 Å². The van der Waals surface area contributed by atoms with Crippen molar-refractivity contribution in [3.8, 4) is 0 Å². The van der Waals surface area contributed by atoms with Gasteiger partial charge >= 0.3 is 0 Å². The van der Waals surface area contributed by atoms with Crippen molar-refractivity contribution in [3.63, 3.8) is 0 Å². The van der Waals surface area contributed by atoms with Crippen molar-refractivity contribution >= 4 is 29.1 Å². The van der Waals surface area contributed by atoms with E-state index in [1.165, 1.54) is 24.3 Å². The maximum atomic E-state index is 13.1. The Morgan fingerprint density at radius 2 is 1.61 bits per heavy atom. The van der Waals surface area contributed by atoms with Crippen molar-refractivity contribution in [2.45, 2.75) is 31.8 Å². The summed E-state index contributed by atoms with van der Waals surface area (Å²) in [5.41, 5.74) is 2.21. The van der Waals surface area contributed by atoms with Crippen LogP contribution in [0.1, 0.15) is 24.8 Å². The molecule has 0 aromatic heterocycles. The van der Waals surface area contributed by atoms with Gasteiger partial charge in [-0.3, -0.25) is 14.4 Å². The van der Waals surface area contributed by atoms with Crippen molar-refractivity contribution in [1.29, 1.82) is 0 Å². The largest absolute Gasteiger partial charge is 0.312 e. The van der Waals surface area contributed by atoms with Crippen molar-refractivity contribution in [1.82, 2.24) is 5.32 Å². The van der Waals surface area contributed by atoms with Gasteiger partial charge in [0.2, 0.25) is 11.8 Å². The first kappa shape index (κ1) is 18.3. The predicted molar refractivity (Wildman–Crippen MR) is 102 cm³/mol. The van der Waals surface area contributed by atoms with E-state index < -0.39 is 11.9 Å². The molecule has 2 heterocycles. The molecule has 7 heteroatoms. The van der Waals surface area contributed by atoms with Crippen LogP contribution in [-0.4, -0.2) is 30.3 Å². The van der Waals surface area contributed by atoms with E-state index in [0.717, 1.165) is 29.1 Å². The van der Waals surface area contributed by atoms with Crippen LogP contribution in [0.25, 0.3) is 0 Å². The van der Waals surface area contributed by atoms with Gasteiger partial charge in [-0.1, -0.05) is 12.1 Å². The first-order chi connectivity index (χ1) is 13.5. The average Bonchev–Trinajstić information content (AvgIpc) is 3.24. The lowest BCUT2D eigenvalue weighted by molar-refractivity contribution is -0.122. The first-order valence-corrected chi connectivity index (χ1v) is 9.28. The topological polar surface area (TPSA) is 69.7 Å². The second-order valence-electron chi connectivity index (χ2n) is 7.00. The summed E-state index contributed by atoms with van der Waals surface area (Å²) in [5.74, 6) is -0.925. The normalized spacial score (nSPS) is 19.8. The highest BCUT2D eigenvalue weighted by Gasteiger charge is 2.39. The zero-order valence-corrected chi connectivity index (χ0v) is 15.2. The smallest absolute Gasteiger partial charge is 0.251 e. The summed E-state index contributed by atoms with van der Waals surface area (Å²) in [6.45, 7) is 1.17. The second-order valence-corrected chi connectivity index (χ2v) is 7.00. The van der Waals surface area contributed by atoms with E-state index in [1.807, 2.05) is 24.3 Å².